The fraction of sp³-hybridized carbons (Fsp3) is 0.154. The second-order valence-corrected chi connectivity index (χ2v) is 4.78. The van der Waals surface area contributed by atoms with Crippen LogP contribution in [0, 0.1) is 3.70 Å². The number of benzene rings is 1. The van der Waals surface area contributed by atoms with Gasteiger partial charge in [0.05, 0.1) is 12.1 Å². The predicted octanol–water partition coefficient (Wildman–Crippen LogP) is 2.37. The second kappa shape index (κ2) is 6.44. The van der Waals surface area contributed by atoms with Crippen LogP contribution >= 0.6 is 22.6 Å². The lowest BCUT2D eigenvalue weighted by atomic mass is 10.2. The first-order valence-electron chi connectivity index (χ1n) is 5.42. The first kappa shape index (κ1) is 12.9. The monoisotopic (exact) mass is 354 g/mol. The van der Waals surface area contributed by atoms with Crippen molar-refractivity contribution in [3.63, 3.8) is 0 Å². The number of carbonyl (C=O) groups excluding carboxylic acids is 1. The summed E-state index contributed by atoms with van der Waals surface area (Å²) in [5.41, 5.74) is 1.59. The lowest BCUT2D eigenvalue weighted by Crippen LogP contribution is -2.09. The molecule has 1 heterocycles. The highest BCUT2D eigenvalue weighted by molar-refractivity contribution is 14.1. The summed E-state index contributed by atoms with van der Waals surface area (Å²) in [6.07, 6.45) is 0.150. The summed E-state index contributed by atoms with van der Waals surface area (Å²) >= 11 is 2.06. The Labute approximate surface area is 119 Å². The summed E-state index contributed by atoms with van der Waals surface area (Å²) in [6, 6.07) is 13.2. The van der Waals surface area contributed by atoms with Crippen LogP contribution in [0.15, 0.2) is 42.5 Å². The van der Waals surface area contributed by atoms with Gasteiger partial charge in [-0.15, -0.1) is 5.10 Å². The minimum Gasteiger partial charge on any atom is -0.461 e. The number of hydrogen-bond acceptors (Lipinski definition) is 4. The zero-order valence-corrected chi connectivity index (χ0v) is 11.7. The fourth-order valence-corrected chi connectivity index (χ4v) is 1.66. The van der Waals surface area contributed by atoms with Crippen molar-refractivity contribution in [3.8, 4) is 0 Å². The fourth-order valence-electron chi connectivity index (χ4n) is 1.37. The number of aromatic nitrogens is 2. The van der Waals surface area contributed by atoms with Gasteiger partial charge in [0.15, 0.2) is 0 Å². The first-order chi connectivity index (χ1) is 8.74. The van der Waals surface area contributed by atoms with Gasteiger partial charge in [-0.05, 0) is 40.3 Å². The van der Waals surface area contributed by atoms with Crippen molar-refractivity contribution < 1.29 is 9.53 Å². The Morgan fingerprint density at radius 1 is 1.11 bits per heavy atom. The van der Waals surface area contributed by atoms with E-state index in [1.165, 1.54) is 0 Å². The molecule has 18 heavy (non-hydrogen) atoms. The molecule has 0 bridgehead atoms. The van der Waals surface area contributed by atoms with E-state index < -0.39 is 0 Å². The standard InChI is InChI=1S/C13H11IN2O2/c14-12-7-6-11(15-16-12)8-13(17)18-9-10-4-2-1-3-5-10/h1-7H,8-9H2. The summed E-state index contributed by atoms with van der Waals surface area (Å²) in [4.78, 5) is 11.6. The zero-order valence-electron chi connectivity index (χ0n) is 9.54. The van der Waals surface area contributed by atoms with Gasteiger partial charge in [-0.25, -0.2) is 0 Å². The number of carbonyl (C=O) groups is 1. The molecular formula is C13H11IN2O2. The van der Waals surface area contributed by atoms with Crippen LogP contribution in [0.1, 0.15) is 11.3 Å². The highest BCUT2D eigenvalue weighted by Gasteiger charge is 2.06. The van der Waals surface area contributed by atoms with Crippen molar-refractivity contribution >= 4 is 28.6 Å². The summed E-state index contributed by atoms with van der Waals surface area (Å²) in [6.45, 7) is 0.289. The van der Waals surface area contributed by atoms with E-state index >= 15 is 0 Å². The van der Waals surface area contributed by atoms with Crippen molar-refractivity contribution in [3.05, 3.63) is 57.4 Å². The smallest absolute Gasteiger partial charge is 0.312 e. The van der Waals surface area contributed by atoms with Crippen LogP contribution in [0.3, 0.4) is 0 Å². The van der Waals surface area contributed by atoms with Crippen LogP contribution in [0.2, 0.25) is 0 Å². The van der Waals surface area contributed by atoms with Crippen molar-refractivity contribution in [2.75, 3.05) is 0 Å². The van der Waals surface area contributed by atoms with Crippen LogP contribution in [0.4, 0.5) is 0 Å². The van der Waals surface area contributed by atoms with E-state index in [0.29, 0.717) is 5.69 Å². The van der Waals surface area contributed by atoms with Gasteiger partial charge in [-0.2, -0.15) is 5.10 Å². The van der Waals surface area contributed by atoms with Crippen LogP contribution in [-0.4, -0.2) is 16.2 Å². The third kappa shape index (κ3) is 4.06. The summed E-state index contributed by atoms with van der Waals surface area (Å²) in [5, 5.41) is 7.79. The maximum atomic E-state index is 11.6. The van der Waals surface area contributed by atoms with Crippen LogP contribution in [0.25, 0.3) is 0 Å². The van der Waals surface area contributed by atoms with Crippen molar-refractivity contribution in [1.29, 1.82) is 0 Å². The molecule has 0 aliphatic heterocycles. The average Bonchev–Trinajstić information content (AvgIpc) is 2.40. The van der Waals surface area contributed by atoms with Crippen molar-refractivity contribution in [2.45, 2.75) is 13.0 Å². The Morgan fingerprint density at radius 3 is 2.56 bits per heavy atom. The van der Waals surface area contributed by atoms with Crippen molar-refractivity contribution in [1.82, 2.24) is 10.2 Å². The van der Waals surface area contributed by atoms with Crippen LogP contribution in [-0.2, 0) is 22.6 Å². The normalized spacial score (nSPS) is 10.1. The Morgan fingerprint density at radius 2 is 1.89 bits per heavy atom. The maximum Gasteiger partial charge on any atom is 0.312 e. The summed E-state index contributed by atoms with van der Waals surface area (Å²) in [7, 11) is 0. The minimum atomic E-state index is -0.297. The van der Waals surface area contributed by atoms with E-state index in [4.69, 9.17) is 4.74 Å². The van der Waals surface area contributed by atoms with Gasteiger partial charge in [0.2, 0.25) is 0 Å². The van der Waals surface area contributed by atoms with Gasteiger partial charge >= 0.3 is 5.97 Å². The van der Waals surface area contributed by atoms with Crippen LogP contribution in [0.5, 0.6) is 0 Å². The van der Waals surface area contributed by atoms with E-state index in [2.05, 4.69) is 32.8 Å². The topological polar surface area (TPSA) is 52.1 Å². The van der Waals surface area contributed by atoms with E-state index in [-0.39, 0.29) is 19.0 Å². The Balaban J connectivity index is 1.84. The summed E-state index contributed by atoms with van der Waals surface area (Å²) in [5.74, 6) is -0.297. The molecule has 1 aromatic heterocycles. The number of hydrogen-bond donors (Lipinski definition) is 0. The van der Waals surface area contributed by atoms with Gasteiger partial charge < -0.3 is 4.74 Å². The molecule has 0 amide bonds. The van der Waals surface area contributed by atoms with E-state index in [0.717, 1.165) is 9.26 Å². The number of rotatable bonds is 4. The molecule has 4 nitrogen and oxygen atoms in total. The van der Waals surface area contributed by atoms with E-state index in [1.807, 2.05) is 36.4 Å². The average molecular weight is 354 g/mol. The molecule has 0 unspecified atom stereocenters. The quantitative estimate of drug-likeness (QED) is 0.625. The molecule has 0 aliphatic rings. The summed E-state index contributed by atoms with van der Waals surface area (Å²) < 4.78 is 5.95. The molecule has 5 heteroatoms. The molecule has 0 spiro atoms. The second-order valence-electron chi connectivity index (χ2n) is 3.67. The van der Waals surface area contributed by atoms with Gasteiger partial charge in [0.25, 0.3) is 0 Å². The van der Waals surface area contributed by atoms with Gasteiger partial charge in [0, 0.05) is 0 Å². The molecule has 0 radical (unpaired) electrons. The number of halogens is 1. The highest BCUT2D eigenvalue weighted by Crippen LogP contribution is 2.04. The lowest BCUT2D eigenvalue weighted by molar-refractivity contribution is -0.144. The number of esters is 1. The SMILES string of the molecule is O=C(Cc1ccc(I)nn1)OCc1ccccc1. The molecule has 0 saturated carbocycles. The highest BCUT2D eigenvalue weighted by atomic mass is 127. The molecule has 2 aromatic rings. The van der Waals surface area contributed by atoms with Crippen LogP contribution < -0.4 is 0 Å². The van der Waals surface area contributed by atoms with Crippen molar-refractivity contribution in [2.24, 2.45) is 0 Å². The molecule has 1 aromatic carbocycles. The molecule has 0 fully saturated rings. The third-order valence-electron chi connectivity index (χ3n) is 2.26. The first-order valence-corrected chi connectivity index (χ1v) is 6.49. The van der Waals surface area contributed by atoms with Gasteiger partial charge in [-0.3, -0.25) is 4.79 Å². The molecule has 0 N–H and O–H groups in total. The molecule has 0 saturated heterocycles. The lowest BCUT2D eigenvalue weighted by Gasteiger charge is -2.04. The Bertz CT molecular complexity index is 514. The zero-order chi connectivity index (χ0) is 12.8. The molecule has 92 valence electrons. The van der Waals surface area contributed by atoms with Gasteiger partial charge in [0.1, 0.15) is 10.3 Å². The Kier molecular flexibility index (Phi) is 4.63. The number of ether oxygens (including phenoxy) is 1. The molecule has 2 rings (SSSR count). The molecule has 0 atom stereocenters. The van der Waals surface area contributed by atoms with E-state index in [1.54, 1.807) is 6.07 Å². The molecule has 0 aliphatic carbocycles. The third-order valence-corrected chi connectivity index (χ3v) is 2.83. The predicted molar refractivity (Wildman–Crippen MR) is 74.7 cm³/mol. The van der Waals surface area contributed by atoms with E-state index in [9.17, 15) is 4.79 Å². The number of nitrogens with zero attached hydrogens (tertiary/aromatic N) is 2. The Hall–Kier alpha value is -1.50. The maximum absolute atomic E-state index is 11.6. The largest absolute Gasteiger partial charge is 0.461 e. The minimum absolute atomic E-state index is 0.150. The van der Waals surface area contributed by atoms with Gasteiger partial charge in [-0.1, -0.05) is 30.3 Å². The molecular weight excluding hydrogens is 343 g/mol.